The van der Waals surface area contributed by atoms with Gasteiger partial charge in [0.1, 0.15) is 6.61 Å². The van der Waals surface area contributed by atoms with Crippen LogP contribution in [0.5, 0.6) is 17.5 Å². The second-order valence-corrected chi connectivity index (χ2v) is 7.56. The lowest BCUT2D eigenvalue weighted by Gasteiger charge is -2.07. The molecule has 0 aliphatic carbocycles. The van der Waals surface area contributed by atoms with Crippen molar-refractivity contribution in [3.8, 4) is 28.9 Å². The lowest BCUT2D eigenvalue weighted by atomic mass is 10.2. The maximum atomic E-state index is 13.1. The van der Waals surface area contributed by atoms with Crippen LogP contribution in [0.25, 0.3) is 11.4 Å². The van der Waals surface area contributed by atoms with Crippen molar-refractivity contribution >= 4 is 10.0 Å². The Hall–Kier alpha value is -3.11. The summed E-state index contributed by atoms with van der Waals surface area (Å²) in [6, 6.07) is 13.0. The Labute approximate surface area is 161 Å². The van der Waals surface area contributed by atoms with Crippen molar-refractivity contribution in [3.05, 3.63) is 48.5 Å². The highest BCUT2D eigenvalue weighted by atomic mass is 32.2. The highest BCUT2D eigenvalue weighted by Gasteiger charge is 2.26. The molecule has 2 aromatic carbocycles. The molecule has 0 spiro atoms. The fourth-order valence-corrected chi connectivity index (χ4v) is 3.88. The molecule has 2 heterocycles. The predicted molar refractivity (Wildman–Crippen MR) is 98.0 cm³/mol. The van der Waals surface area contributed by atoms with E-state index in [1.54, 1.807) is 36.4 Å². The molecule has 0 unspecified atom stereocenters. The quantitative estimate of drug-likeness (QED) is 0.552. The largest absolute Gasteiger partial charge is 0.460 e. The van der Waals surface area contributed by atoms with Crippen molar-refractivity contribution in [3.63, 3.8) is 0 Å². The van der Waals surface area contributed by atoms with Crippen molar-refractivity contribution < 1.29 is 27.4 Å². The number of methoxy groups -OCH3 is 1. The van der Waals surface area contributed by atoms with E-state index < -0.39 is 10.0 Å². The first kappa shape index (κ1) is 18.3. The van der Waals surface area contributed by atoms with Gasteiger partial charge in [-0.3, -0.25) is 0 Å². The first-order chi connectivity index (χ1) is 13.6. The fraction of sp³-hybridized carbons (Fsp3) is 0.222. The third-order valence-electron chi connectivity index (χ3n) is 3.98. The van der Waals surface area contributed by atoms with Crippen LogP contribution < -0.4 is 14.2 Å². The molecule has 1 aromatic heterocycles. The summed E-state index contributed by atoms with van der Waals surface area (Å²) in [6.45, 7) is 0.616. The maximum absolute atomic E-state index is 13.1. The van der Waals surface area contributed by atoms with Gasteiger partial charge in [0.2, 0.25) is 6.79 Å². The number of ether oxygens (including phenoxy) is 4. The number of nitrogens with zero attached hydrogens (tertiary/aromatic N) is 3. The van der Waals surface area contributed by atoms with Crippen LogP contribution in [-0.4, -0.2) is 49.7 Å². The minimum absolute atomic E-state index is 0.0655. The average molecular weight is 403 g/mol. The Bertz CT molecular complexity index is 1080. The van der Waals surface area contributed by atoms with E-state index in [1.807, 2.05) is 0 Å². The topological polar surface area (TPSA) is 102 Å². The molecular formula is C18H17N3O6S. The van der Waals surface area contributed by atoms with E-state index in [1.165, 1.54) is 19.2 Å². The molecule has 0 saturated heterocycles. The highest BCUT2D eigenvalue weighted by Crippen LogP contribution is 2.36. The van der Waals surface area contributed by atoms with E-state index in [-0.39, 0.29) is 30.1 Å². The van der Waals surface area contributed by atoms with E-state index >= 15 is 0 Å². The third-order valence-corrected chi connectivity index (χ3v) is 5.56. The molecule has 0 saturated carbocycles. The number of aromatic nitrogens is 3. The molecule has 0 radical (unpaired) electrons. The van der Waals surface area contributed by atoms with Crippen LogP contribution in [0.15, 0.2) is 53.4 Å². The van der Waals surface area contributed by atoms with Gasteiger partial charge < -0.3 is 18.9 Å². The summed E-state index contributed by atoms with van der Waals surface area (Å²) in [5.41, 5.74) is 0.498. The van der Waals surface area contributed by atoms with E-state index in [0.29, 0.717) is 23.7 Å². The second-order valence-electron chi connectivity index (χ2n) is 5.79. The number of benzene rings is 2. The molecule has 0 bridgehead atoms. The average Bonchev–Trinajstić information content (AvgIpc) is 3.35. The summed E-state index contributed by atoms with van der Waals surface area (Å²) in [7, 11) is -2.45. The first-order valence-electron chi connectivity index (χ1n) is 8.39. The summed E-state index contributed by atoms with van der Waals surface area (Å²) in [4.78, 5) is 4.36. The van der Waals surface area contributed by atoms with Gasteiger partial charge in [0.25, 0.3) is 10.0 Å². The van der Waals surface area contributed by atoms with Gasteiger partial charge >= 0.3 is 6.01 Å². The standard InChI is InChI=1S/C18H17N3O6S/c1-24-9-10-25-18-19-17(13-7-8-15-16(11-13)27-12-26-15)21(20-18)28(22,23)14-5-3-2-4-6-14/h2-8,11H,9-10,12H2,1H3. The number of hydrogen-bond acceptors (Lipinski definition) is 8. The van der Waals surface area contributed by atoms with Gasteiger partial charge in [-0.25, -0.2) is 0 Å². The normalized spacial score (nSPS) is 12.9. The van der Waals surface area contributed by atoms with Crippen molar-refractivity contribution in [2.24, 2.45) is 0 Å². The lowest BCUT2D eigenvalue weighted by molar-refractivity contribution is 0.141. The zero-order valence-electron chi connectivity index (χ0n) is 14.9. The van der Waals surface area contributed by atoms with Gasteiger partial charge in [0.05, 0.1) is 11.5 Å². The molecule has 0 N–H and O–H groups in total. The predicted octanol–water partition coefficient (Wildman–Crippen LogP) is 1.94. The molecule has 28 heavy (non-hydrogen) atoms. The molecule has 0 amide bonds. The first-order valence-corrected chi connectivity index (χ1v) is 9.83. The molecule has 1 aliphatic heterocycles. The van der Waals surface area contributed by atoms with Gasteiger partial charge in [-0.05, 0) is 30.3 Å². The summed E-state index contributed by atoms with van der Waals surface area (Å²) in [6.07, 6.45) is 0. The minimum Gasteiger partial charge on any atom is -0.460 e. The van der Waals surface area contributed by atoms with Gasteiger partial charge in [-0.15, -0.1) is 4.09 Å². The Kier molecular flexibility index (Phi) is 4.88. The van der Waals surface area contributed by atoms with Gasteiger partial charge in [0.15, 0.2) is 17.3 Å². The van der Waals surface area contributed by atoms with Gasteiger partial charge in [-0.2, -0.15) is 13.4 Å². The van der Waals surface area contributed by atoms with Crippen LogP contribution in [0.3, 0.4) is 0 Å². The van der Waals surface area contributed by atoms with Gasteiger partial charge in [-0.1, -0.05) is 23.3 Å². The zero-order valence-corrected chi connectivity index (χ0v) is 15.8. The van der Waals surface area contributed by atoms with Crippen LogP contribution in [-0.2, 0) is 14.8 Å². The van der Waals surface area contributed by atoms with Crippen molar-refractivity contribution in [2.45, 2.75) is 4.90 Å². The SMILES string of the molecule is COCCOc1nc(-c2ccc3c(c2)OCO3)n(S(=O)(=O)c2ccccc2)n1. The van der Waals surface area contributed by atoms with Crippen LogP contribution >= 0.6 is 0 Å². The number of fused-ring (bicyclic) bond motifs is 1. The summed E-state index contributed by atoms with van der Waals surface area (Å²) in [5.74, 6) is 1.19. The Morgan fingerprint density at radius 1 is 1.07 bits per heavy atom. The summed E-state index contributed by atoms with van der Waals surface area (Å²) >= 11 is 0. The van der Waals surface area contributed by atoms with Gasteiger partial charge in [0, 0.05) is 12.7 Å². The van der Waals surface area contributed by atoms with Crippen LogP contribution in [0.4, 0.5) is 0 Å². The second kappa shape index (κ2) is 7.49. The van der Waals surface area contributed by atoms with Crippen molar-refractivity contribution in [1.29, 1.82) is 0 Å². The molecule has 0 fully saturated rings. The molecule has 10 heteroatoms. The highest BCUT2D eigenvalue weighted by molar-refractivity contribution is 7.90. The summed E-state index contributed by atoms with van der Waals surface area (Å²) in [5, 5.41) is 4.07. The molecule has 9 nitrogen and oxygen atoms in total. The fourth-order valence-electron chi connectivity index (χ4n) is 2.63. The van der Waals surface area contributed by atoms with E-state index in [9.17, 15) is 8.42 Å². The van der Waals surface area contributed by atoms with E-state index in [0.717, 1.165) is 4.09 Å². The number of hydrogen-bond donors (Lipinski definition) is 0. The molecular weight excluding hydrogens is 386 g/mol. The molecule has 146 valence electrons. The van der Waals surface area contributed by atoms with E-state index in [2.05, 4.69) is 10.1 Å². The van der Waals surface area contributed by atoms with Crippen LogP contribution in [0, 0.1) is 0 Å². The Morgan fingerprint density at radius 3 is 2.64 bits per heavy atom. The Balaban J connectivity index is 1.80. The summed E-state index contributed by atoms with van der Waals surface area (Å²) < 4.78 is 48.2. The lowest BCUT2D eigenvalue weighted by Crippen LogP contribution is -2.16. The zero-order chi connectivity index (χ0) is 19.6. The van der Waals surface area contributed by atoms with Crippen LogP contribution in [0.2, 0.25) is 0 Å². The Morgan fingerprint density at radius 2 is 1.86 bits per heavy atom. The van der Waals surface area contributed by atoms with Crippen molar-refractivity contribution in [1.82, 2.24) is 14.2 Å². The maximum Gasteiger partial charge on any atom is 0.337 e. The minimum atomic E-state index is -3.98. The molecule has 3 aromatic rings. The number of rotatable bonds is 7. The molecule has 4 rings (SSSR count). The van der Waals surface area contributed by atoms with E-state index in [4.69, 9.17) is 18.9 Å². The van der Waals surface area contributed by atoms with Crippen molar-refractivity contribution in [2.75, 3.05) is 27.1 Å². The van der Waals surface area contributed by atoms with Crippen LogP contribution in [0.1, 0.15) is 0 Å². The molecule has 1 aliphatic rings. The molecule has 0 atom stereocenters. The smallest absolute Gasteiger partial charge is 0.337 e. The monoisotopic (exact) mass is 403 g/mol. The third kappa shape index (κ3) is 3.39.